The molecule has 0 unspecified atom stereocenters. The summed E-state index contributed by atoms with van der Waals surface area (Å²) in [5, 5.41) is 8.49. The molecule has 0 fully saturated rings. The Kier molecular flexibility index (Phi) is 2.71. The fourth-order valence-corrected chi connectivity index (χ4v) is 1.35. The van der Waals surface area contributed by atoms with Crippen LogP contribution in [0.3, 0.4) is 0 Å². The van der Waals surface area contributed by atoms with Crippen molar-refractivity contribution in [1.82, 2.24) is 19.9 Å². The van der Waals surface area contributed by atoms with E-state index in [-0.39, 0.29) is 0 Å². The Labute approximate surface area is 88.4 Å². The molecule has 2 aromatic rings. The van der Waals surface area contributed by atoms with Gasteiger partial charge >= 0.3 is 0 Å². The van der Waals surface area contributed by atoms with Gasteiger partial charge in [0.1, 0.15) is 12.5 Å². The van der Waals surface area contributed by atoms with Crippen molar-refractivity contribution in [3.63, 3.8) is 0 Å². The van der Waals surface area contributed by atoms with Crippen LogP contribution >= 0.6 is 0 Å². The predicted octanol–water partition coefficient (Wildman–Crippen LogP) is 0.575. The second-order valence-corrected chi connectivity index (χ2v) is 3.42. The molecule has 0 amide bonds. The van der Waals surface area contributed by atoms with Crippen molar-refractivity contribution in [2.45, 2.75) is 19.9 Å². The number of hydrogen-bond acceptors (Lipinski definition) is 3. The van der Waals surface area contributed by atoms with Gasteiger partial charge in [-0.1, -0.05) is 11.6 Å². The van der Waals surface area contributed by atoms with Crippen molar-refractivity contribution in [3.8, 4) is 11.4 Å². The molecule has 0 saturated carbocycles. The van der Waals surface area contributed by atoms with Crippen LogP contribution in [0.25, 0.3) is 11.4 Å². The van der Waals surface area contributed by atoms with Gasteiger partial charge in [0.15, 0.2) is 18.6 Å². The second-order valence-electron chi connectivity index (χ2n) is 3.42. The first-order valence-corrected chi connectivity index (χ1v) is 5.01. The average Bonchev–Trinajstić information content (AvgIpc) is 2.67. The van der Waals surface area contributed by atoms with E-state index in [9.17, 15) is 0 Å². The first-order valence-electron chi connectivity index (χ1n) is 5.01. The largest absolute Gasteiger partial charge is 0.255 e. The highest BCUT2D eigenvalue weighted by molar-refractivity contribution is 5.50. The summed E-state index contributed by atoms with van der Waals surface area (Å²) in [5.41, 5.74) is 0.947. The normalized spacial score (nSPS) is 10.5. The molecule has 0 saturated heterocycles. The molecule has 5 nitrogen and oxygen atoms in total. The molecule has 2 rings (SSSR count). The Bertz CT molecular complexity index is 431. The van der Waals surface area contributed by atoms with Crippen LogP contribution in [-0.2, 0) is 13.6 Å². The van der Waals surface area contributed by atoms with Crippen LogP contribution in [0.4, 0.5) is 0 Å². The Hall–Kier alpha value is -1.78. The number of aromatic nitrogens is 5. The molecule has 0 spiro atoms. The van der Waals surface area contributed by atoms with E-state index in [2.05, 4.69) is 22.1 Å². The van der Waals surface area contributed by atoms with E-state index in [4.69, 9.17) is 0 Å². The quantitative estimate of drug-likeness (QED) is 0.687. The zero-order valence-electron chi connectivity index (χ0n) is 8.96. The highest BCUT2D eigenvalue weighted by atomic mass is 15.3. The summed E-state index contributed by atoms with van der Waals surface area (Å²) in [4.78, 5) is 4.16. The van der Waals surface area contributed by atoms with Crippen LogP contribution in [0.15, 0.2) is 24.8 Å². The third-order valence-corrected chi connectivity index (χ3v) is 2.08. The third kappa shape index (κ3) is 2.18. The lowest BCUT2D eigenvalue weighted by atomic mass is 10.3. The van der Waals surface area contributed by atoms with Crippen molar-refractivity contribution in [2.75, 3.05) is 0 Å². The standard InChI is InChI=1S/C10H14N5/c1-3-5-15-6-4-9(7-12-15)10-11-8-14(2)13-10/h4,6-8H,3,5H2,1-2H3/q+1. The topological polar surface area (TPSA) is 47.5 Å². The fourth-order valence-electron chi connectivity index (χ4n) is 1.35. The molecule has 0 N–H and O–H groups in total. The van der Waals surface area contributed by atoms with E-state index >= 15 is 0 Å². The van der Waals surface area contributed by atoms with Gasteiger partial charge in [0.05, 0.1) is 5.56 Å². The number of aryl methyl sites for hydroxylation is 2. The molecule has 0 bridgehead atoms. The average molecular weight is 204 g/mol. The minimum Gasteiger partial charge on any atom is -0.255 e. The summed E-state index contributed by atoms with van der Waals surface area (Å²) in [7, 11) is 1.85. The Morgan fingerprint density at radius 3 is 2.87 bits per heavy atom. The lowest BCUT2D eigenvalue weighted by Gasteiger charge is -1.93. The van der Waals surface area contributed by atoms with Gasteiger partial charge < -0.3 is 0 Å². The molecule has 0 atom stereocenters. The number of rotatable bonds is 3. The molecule has 15 heavy (non-hydrogen) atoms. The van der Waals surface area contributed by atoms with E-state index in [1.54, 1.807) is 17.2 Å². The maximum absolute atomic E-state index is 4.28. The Morgan fingerprint density at radius 1 is 1.47 bits per heavy atom. The predicted molar refractivity (Wildman–Crippen MR) is 54.7 cm³/mol. The number of hydrogen-bond donors (Lipinski definition) is 0. The third-order valence-electron chi connectivity index (χ3n) is 2.08. The molecule has 2 aromatic heterocycles. The molecular weight excluding hydrogens is 190 g/mol. The first kappa shape index (κ1) is 9.76. The zero-order chi connectivity index (χ0) is 10.7. The Balaban J connectivity index is 2.23. The van der Waals surface area contributed by atoms with Crippen LogP contribution < -0.4 is 4.68 Å². The van der Waals surface area contributed by atoms with Crippen molar-refractivity contribution >= 4 is 0 Å². The summed E-state index contributed by atoms with van der Waals surface area (Å²) in [6, 6.07) is 1.98. The maximum Gasteiger partial charge on any atom is 0.197 e. The summed E-state index contributed by atoms with van der Waals surface area (Å²) in [6.45, 7) is 3.07. The molecular formula is C10H14N5+. The van der Waals surface area contributed by atoms with Gasteiger partial charge in [0, 0.05) is 19.5 Å². The highest BCUT2D eigenvalue weighted by Gasteiger charge is 2.06. The number of nitrogens with zero attached hydrogens (tertiary/aromatic N) is 5. The van der Waals surface area contributed by atoms with Crippen LogP contribution in [-0.4, -0.2) is 19.9 Å². The van der Waals surface area contributed by atoms with Crippen LogP contribution in [0.1, 0.15) is 13.3 Å². The maximum atomic E-state index is 4.28. The van der Waals surface area contributed by atoms with Crippen molar-refractivity contribution < 1.29 is 4.68 Å². The lowest BCUT2D eigenvalue weighted by molar-refractivity contribution is -0.753. The van der Waals surface area contributed by atoms with E-state index in [0.717, 1.165) is 18.5 Å². The SMILES string of the molecule is CCC[n+]1ccc(-c2ncn(C)n2)cn1. The van der Waals surface area contributed by atoms with Gasteiger partial charge in [-0.15, -0.1) is 0 Å². The van der Waals surface area contributed by atoms with Gasteiger partial charge in [-0.3, -0.25) is 4.68 Å². The van der Waals surface area contributed by atoms with Gasteiger partial charge in [-0.25, -0.2) is 4.98 Å². The smallest absolute Gasteiger partial charge is 0.197 e. The Morgan fingerprint density at radius 2 is 2.33 bits per heavy atom. The first-order chi connectivity index (χ1) is 7.29. The van der Waals surface area contributed by atoms with E-state index in [1.807, 2.05) is 24.0 Å². The second kappa shape index (κ2) is 4.16. The van der Waals surface area contributed by atoms with Gasteiger partial charge in [-0.2, -0.15) is 5.10 Å². The molecule has 5 heteroatoms. The van der Waals surface area contributed by atoms with E-state index < -0.39 is 0 Å². The van der Waals surface area contributed by atoms with Crippen molar-refractivity contribution in [1.29, 1.82) is 0 Å². The highest BCUT2D eigenvalue weighted by Crippen LogP contribution is 2.09. The molecule has 0 radical (unpaired) electrons. The van der Waals surface area contributed by atoms with Gasteiger partial charge in [0.2, 0.25) is 0 Å². The van der Waals surface area contributed by atoms with E-state index in [0.29, 0.717) is 5.82 Å². The molecule has 0 aromatic carbocycles. The molecule has 0 aliphatic carbocycles. The van der Waals surface area contributed by atoms with Gasteiger partial charge in [-0.05, 0) is 5.10 Å². The molecule has 0 aliphatic heterocycles. The molecule has 0 aliphatic rings. The van der Waals surface area contributed by atoms with Crippen LogP contribution in [0.2, 0.25) is 0 Å². The molecule has 2 heterocycles. The lowest BCUT2D eigenvalue weighted by Crippen LogP contribution is -2.36. The van der Waals surface area contributed by atoms with Crippen molar-refractivity contribution in [3.05, 3.63) is 24.8 Å². The summed E-state index contributed by atoms with van der Waals surface area (Å²) in [5.74, 6) is 0.716. The van der Waals surface area contributed by atoms with Crippen molar-refractivity contribution in [2.24, 2.45) is 7.05 Å². The van der Waals surface area contributed by atoms with Crippen LogP contribution in [0.5, 0.6) is 0 Å². The summed E-state index contributed by atoms with van der Waals surface area (Å²) < 4.78 is 3.59. The summed E-state index contributed by atoms with van der Waals surface area (Å²) in [6.07, 6.45) is 6.52. The summed E-state index contributed by atoms with van der Waals surface area (Å²) >= 11 is 0. The zero-order valence-corrected chi connectivity index (χ0v) is 8.96. The molecule has 78 valence electrons. The fraction of sp³-hybridized carbons (Fsp3) is 0.400. The van der Waals surface area contributed by atoms with E-state index in [1.165, 1.54) is 0 Å². The monoisotopic (exact) mass is 204 g/mol. The minimum atomic E-state index is 0.716. The van der Waals surface area contributed by atoms with Crippen LogP contribution in [0, 0.1) is 0 Å². The minimum absolute atomic E-state index is 0.716. The van der Waals surface area contributed by atoms with Gasteiger partial charge in [0.25, 0.3) is 0 Å².